The number of nitrogens with one attached hydrogen (secondary N) is 2. The lowest BCUT2D eigenvalue weighted by Crippen LogP contribution is -2.30. The molecule has 0 aliphatic rings. The highest BCUT2D eigenvalue weighted by Crippen LogP contribution is 2.40. The summed E-state index contributed by atoms with van der Waals surface area (Å²) in [4.78, 5) is 16.7. The second kappa shape index (κ2) is 10.7. The highest BCUT2D eigenvalue weighted by atomic mass is 32.2. The molecule has 0 unspecified atom stereocenters. The first kappa shape index (κ1) is 23.1. The third-order valence-corrected chi connectivity index (χ3v) is 4.91. The van der Waals surface area contributed by atoms with E-state index in [1.807, 2.05) is 0 Å². The molecular formula is C19H22N6O6S. The minimum atomic E-state index is -4.00. The summed E-state index contributed by atoms with van der Waals surface area (Å²) in [5.41, 5.74) is 0. The van der Waals surface area contributed by atoms with Crippen molar-refractivity contribution in [2.45, 2.75) is 6.92 Å². The smallest absolute Gasteiger partial charge is 0.300 e. The molecule has 170 valence electrons. The Hall–Kier alpha value is -3.55. The van der Waals surface area contributed by atoms with Gasteiger partial charge in [-0.15, -0.1) is 0 Å². The number of anilines is 1. The van der Waals surface area contributed by atoms with Gasteiger partial charge in [0.1, 0.15) is 6.61 Å². The topological polar surface area (TPSA) is 158 Å². The summed E-state index contributed by atoms with van der Waals surface area (Å²) in [5, 5.41) is 9.23. The molecule has 1 aromatic carbocycles. The number of aromatic nitrogens is 4. The van der Waals surface area contributed by atoms with Gasteiger partial charge in [0.15, 0.2) is 23.1 Å². The van der Waals surface area contributed by atoms with Gasteiger partial charge in [-0.05, 0) is 18.2 Å². The van der Waals surface area contributed by atoms with Crippen molar-refractivity contribution in [2.24, 2.45) is 0 Å². The summed E-state index contributed by atoms with van der Waals surface area (Å²) in [6.45, 7) is 1.33. The predicted octanol–water partition coefficient (Wildman–Crippen LogP) is 1.37. The SMILES string of the molecule is CCNS(=O)(=O)Nc1nc(-c2ncccn2)nc(OCCO)c1Oc1ccccc1OC. The van der Waals surface area contributed by atoms with Crippen molar-refractivity contribution in [3.63, 3.8) is 0 Å². The first-order chi connectivity index (χ1) is 15.5. The van der Waals surface area contributed by atoms with Crippen molar-refractivity contribution in [1.29, 1.82) is 0 Å². The second-order valence-electron chi connectivity index (χ2n) is 6.03. The molecule has 3 N–H and O–H groups in total. The van der Waals surface area contributed by atoms with Crippen molar-refractivity contribution in [1.82, 2.24) is 24.7 Å². The van der Waals surface area contributed by atoms with Gasteiger partial charge in [0.2, 0.25) is 11.6 Å². The van der Waals surface area contributed by atoms with E-state index in [-0.39, 0.29) is 54.6 Å². The fourth-order valence-electron chi connectivity index (χ4n) is 2.51. The minimum absolute atomic E-state index is 0.0138. The van der Waals surface area contributed by atoms with Crippen LogP contribution in [0.2, 0.25) is 0 Å². The fraction of sp³-hybridized carbons (Fsp3) is 0.263. The molecule has 0 fully saturated rings. The van der Waals surface area contributed by atoms with Gasteiger partial charge in [0, 0.05) is 18.9 Å². The number of aliphatic hydroxyl groups is 1. The van der Waals surface area contributed by atoms with Crippen molar-refractivity contribution < 1.29 is 27.7 Å². The first-order valence-electron chi connectivity index (χ1n) is 9.48. The third kappa shape index (κ3) is 5.78. The van der Waals surface area contributed by atoms with Crippen LogP contribution in [-0.2, 0) is 10.2 Å². The van der Waals surface area contributed by atoms with E-state index in [1.165, 1.54) is 19.5 Å². The summed E-state index contributed by atoms with van der Waals surface area (Å²) < 4.78 is 46.2. The summed E-state index contributed by atoms with van der Waals surface area (Å²) in [6, 6.07) is 8.35. The Bertz CT molecular complexity index is 1150. The molecule has 2 aromatic heterocycles. The second-order valence-corrected chi connectivity index (χ2v) is 7.53. The standard InChI is InChI=1S/C19H22N6O6S/c1-3-22-32(27,28)25-16-15(31-14-8-5-4-7-13(14)29-2)19(30-12-11-26)24-18(23-16)17-20-9-6-10-21-17/h4-10,22,26H,3,11-12H2,1-2H3,(H,23,24,25). The number of ether oxygens (including phenoxy) is 3. The zero-order valence-electron chi connectivity index (χ0n) is 17.3. The number of hydrogen-bond acceptors (Lipinski definition) is 10. The van der Waals surface area contributed by atoms with E-state index in [4.69, 9.17) is 14.2 Å². The maximum absolute atomic E-state index is 12.4. The zero-order chi connectivity index (χ0) is 23.0. The Morgan fingerprint density at radius 2 is 1.75 bits per heavy atom. The number of nitrogens with zero attached hydrogens (tertiary/aromatic N) is 4. The van der Waals surface area contributed by atoms with Gasteiger partial charge >= 0.3 is 0 Å². The van der Waals surface area contributed by atoms with Crippen LogP contribution in [-0.4, -0.2) is 60.3 Å². The molecule has 13 heteroatoms. The molecule has 0 saturated heterocycles. The Balaban J connectivity index is 2.18. The average molecular weight is 462 g/mol. The molecule has 32 heavy (non-hydrogen) atoms. The van der Waals surface area contributed by atoms with E-state index in [0.29, 0.717) is 5.75 Å². The van der Waals surface area contributed by atoms with Crippen LogP contribution in [0.1, 0.15) is 6.92 Å². The highest BCUT2D eigenvalue weighted by Gasteiger charge is 2.24. The lowest BCUT2D eigenvalue weighted by atomic mass is 10.3. The molecule has 3 rings (SSSR count). The normalized spacial score (nSPS) is 11.1. The van der Waals surface area contributed by atoms with Gasteiger partial charge < -0.3 is 19.3 Å². The van der Waals surface area contributed by atoms with Gasteiger partial charge in [0.05, 0.1) is 13.7 Å². The molecule has 0 saturated carbocycles. The Labute approximate surface area is 184 Å². The Kier molecular flexibility index (Phi) is 7.70. The largest absolute Gasteiger partial charge is 0.493 e. The Morgan fingerprint density at radius 3 is 2.41 bits per heavy atom. The zero-order valence-corrected chi connectivity index (χ0v) is 18.2. The van der Waals surface area contributed by atoms with E-state index in [2.05, 4.69) is 29.4 Å². The monoisotopic (exact) mass is 462 g/mol. The quantitative estimate of drug-likeness (QED) is 0.380. The summed E-state index contributed by atoms with van der Waals surface area (Å²) in [7, 11) is -2.53. The number of aliphatic hydroxyl groups excluding tert-OH is 1. The average Bonchev–Trinajstić information content (AvgIpc) is 2.79. The predicted molar refractivity (Wildman–Crippen MR) is 115 cm³/mol. The summed E-state index contributed by atoms with van der Waals surface area (Å²) in [5.74, 6) is 0.286. The van der Waals surface area contributed by atoms with Crippen LogP contribution in [0.4, 0.5) is 5.82 Å². The van der Waals surface area contributed by atoms with E-state index >= 15 is 0 Å². The molecule has 3 aromatic rings. The lowest BCUT2D eigenvalue weighted by Gasteiger charge is -2.17. The van der Waals surface area contributed by atoms with Gasteiger partial charge in [0.25, 0.3) is 16.1 Å². The molecule has 0 aliphatic carbocycles. The molecule has 12 nitrogen and oxygen atoms in total. The van der Waals surface area contributed by atoms with E-state index in [1.54, 1.807) is 37.3 Å². The maximum Gasteiger partial charge on any atom is 0.300 e. The van der Waals surface area contributed by atoms with Crippen LogP contribution in [0.25, 0.3) is 11.6 Å². The molecule has 0 radical (unpaired) electrons. The number of para-hydroxylation sites is 2. The molecule has 2 heterocycles. The van der Waals surface area contributed by atoms with Crippen molar-refractivity contribution in [3.05, 3.63) is 42.7 Å². The van der Waals surface area contributed by atoms with Crippen molar-refractivity contribution >= 4 is 16.0 Å². The fourth-order valence-corrected chi connectivity index (χ4v) is 3.36. The van der Waals surface area contributed by atoms with Crippen LogP contribution in [0.3, 0.4) is 0 Å². The van der Waals surface area contributed by atoms with Crippen LogP contribution >= 0.6 is 0 Å². The summed E-state index contributed by atoms with van der Waals surface area (Å²) in [6.07, 6.45) is 2.98. The number of rotatable bonds is 11. The molecular weight excluding hydrogens is 440 g/mol. The van der Waals surface area contributed by atoms with Crippen molar-refractivity contribution in [3.8, 4) is 34.8 Å². The van der Waals surface area contributed by atoms with Gasteiger partial charge in [-0.1, -0.05) is 19.1 Å². The van der Waals surface area contributed by atoms with Gasteiger partial charge in [-0.25, -0.2) is 15.0 Å². The highest BCUT2D eigenvalue weighted by molar-refractivity contribution is 7.90. The third-order valence-electron chi connectivity index (χ3n) is 3.78. The van der Waals surface area contributed by atoms with E-state index in [9.17, 15) is 13.5 Å². The maximum atomic E-state index is 12.4. The number of methoxy groups -OCH3 is 1. The van der Waals surface area contributed by atoms with Gasteiger partial charge in [-0.2, -0.15) is 18.1 Å². The van der Waals surface area contributed by atoms with Crippen LogP contribution in [0.15, 0.2) is 42.7 Å². The van der Waals surface area contributed by atoms with Crippen molar-refractivity contribution in [2.75, 3.05) is 31.6 Å². The number of benzene rings is 1. The first-order valence-corrected chi connectivity index (χ1v) is 11.0. The van der Waals surface area contributed by atoms with Crippen LogP contribution in [0, 0.1) is 0 Å². The van der Waals surface area contributed by atoms with E-state index in [0.717, 1.165) is 0 Å². The summed E-state index contributed by atoms with van der Waals surface area (Å²) >= 11 is 0. The molecule has 0 amide bonds. The van der Waals surface area contributed by atoms with E-state index < -0.39 is 10.2 Å². The molecule has 0 bridgehead atoms. The van der Waals surface area contributed by atoms with Crippen LogP contribution < -0.4 is 23.7 Å². The molecule has 0 aliphatic heterocycles. The van der Waals surface area contributed by atoms with Crippen LogP contribution in [0.5, 0.6) is 23.1 Å². The number of hydrogen-bond donors (Lipinski definition) is 3. The lowest BCUT2D eigenvalue weighted by molar-refractivity contribution is 0.192. The van der Waals surface area contributed by atoms with Gasteiger partial charge in [-0.3, -0.25) is 4.72 Å². The molecule has 0 atom stereocenters. The minimum Gasteiger partial charge on any atom is -0.493 e. The molecule has 0 spiro atoms. The Morgan fingerprint density at radius 1 is 1.03 bits per heavy atom.